The van der Waals surface area contributed by atoms with Gasteiger partial charge in [0.1, 0.15) is 5.69 Å². The summed E-state index contributed by atoms with van der Waals surface area (Å²) in [5.74, 6) is 0.905. The molecule has 0 aliphatic carbocycles. The van der Waals surface area contributed by atoms with E-state index in [-0.39, 0.29) is 5.41 Å². The zero-order valence-electron chi connectivity index (χ0n) is 7.30. The molecule has 0 aliphatic heterocycles. The molecule has 1 N–H and O–H groups in total. The summed E-state index contributed by atoms with van der Waals surface area (Å²) in [6.07, 6.45) is 0. The minimum absolute atomic E-state index is 0.0886. The maximum absolute atomic E-state index is 4.23. The first-order valence-corrected chi connectivity index (χ1v) is 4.29. The average molecular weight is 171 g/mol. The van der Waals surface area contributed by atoms with Gasteiger partial charge in [0.2, 0.25) is 0 Å². The van der Waals surface area contributed by atoms with Crippen LogP contribution in [0.15, 0.2) is 0 Å². The van der Waals surface area contributed by atoms with Crippen LogP contribution in [0.25, 0.3) is 0 Å². The van der Waals surface area contributed by atoms with Crippen molar-refractivity contribution in [2.45, 2.75) is 26.2 Å². The third-order valence-corrected chi connectivity index (χ3v) is 1.96. The Labute approximate surface area is 71.2 Å². The lowest BCUT2D eigenvalue weighted by Gasteiger charge is -2.15. The molecule has 0 amide bonds. The van der Waals surface area contributed by atoms with Crippen LogP contribution in [-0.4, -0.2) is 15.8 Å². The predicted octanol–water partition coefficient (Wildman–Crippen LogP) is 1.88. The average Bonchev–Trinajstić information content (AvgIpc) is 2.31. The first kappa shape index (κ1) is 8.46. The molecule has 1 aromatic heterocycles. The fraction of sp³-hybridized carbons (Fsp3) is 0.714. The van der Waals surface area contributed by atoms with E-state index in [0.717, 1.165) is 11.5 Å². The Hall–Kier alpha value is -0.640. The van der Waals surface area contributed by atoms with Crippen LogP contribution in [-0.2, 0) is 5.41 Å². The van der Waals surface area contributed by atoms with E-state index in [1.165, 1.54) is 11.7 Å². The smallest absolute Gasteiger partial charge is 0.163 e. The topological polar surface area (TPSA) is 37.8 Å². The predicted molar refractivity (Wildman–Crippen MR) is 48.2 cm³/mol. The Bertz CT molecular complexity index is 236. The highest BCUT2D eigenvalue weighted by Crippen LogP contribution is 2.26. The molecule has 3 nitrogen and oxygen atoms in total. The monoisotopic (exact) mass is 171 g/mol. The molecule has 0 fully saturated rings. The first-order valence-electron chi connectivity index (χ1n) is 3.56. The summed E-state index contributed by atoms with van der Waals surface area (Å²) in [6.45, 7) is 6.39. The molecule has 0 saturated carbocycles. The van der Waals surface area contributed by atoms with Gasteiger partial charge in [-0.05, 0) is 0 Å². The number of anilines is 1. The Morgan fingerprint density at radius 2 is 1.91 bits per heavy atom. The Morgan fingerprint density at radius 1 is 1.27 bits per heavy atom. The maximum atomic E-state index is 4.23. The second kappa shape index (κ2) is 2.77. The maximum Gasteiger partial charge on any atom is 0.163 e. The molecule has 1 rings (SSSR count). The molecule has 11 heavy (non-hydrogen) atoms. The standard InChI is InChI=1S/C7H13N3S/c1-7(2,3)5-6(8-4)10-11-9-5/h1-4H3,(H,8,10). The highest BCUT2D eigenvalue weighted by Gasteiger charge is 2.21. The molecule has 62 valence electrons. The summed E-state index contributed by atoms with van der Waals surface area (Å²) in [4.78, 5) is 0. The fourth-order valence-corrected chi connectivity index (χ4v) is 1.59. The van der Waals surface area contributed by atoms with E-state index in [2.05, 4.69) is 34.8 Å². The lowest BCUT2D eigenvalue weighted by molar-refractivity contribution is 0.577. The van der Waals surface area contributed by atoms with Crippen LogP contribution in [0, 0.1) is 0 Å². The fourth-order valence-electron chi connectivity index (χ4n) is 0.845. The van der Waals surface area contributed by atoms with Crippen molar-refractivity contribution in [3.63, 3.8) is 0 Å². The van der Waals surface area contributed by atoms with Crippen molar-refractivity contribution in [3.8, 4) is 0 Å². The number of nitrogens with one attached hydrogen (secondary N) is 1. The summed E-state index contributed by atoms with van der Waals surface area (Å²) < 4.78 is 8.35. The lowest BCUT2D eigenvalue weighted by atomic mass is 9.92. The van der Waals surface area contributed by atoms with Gasteiger partial charge in [0, 0.05) is 12.5 Å². The van der Waals surface area contributed by atoms with Gasteiger partial charge in [0.25, 0.3) is 0 Å². The zero-order valence-corrected chi connectivity index (χ0v) is 8.12. The quantitative estimate of drug-likeness (QED) is 0.701. The van der Waals surface area contributed by atoms with Gasteiger partial charge in [-0.2, -0.15) is 8.75 Å². The first-order chi connectivity index (χ1) is 5.05. The van der Waals surface area contributed by atoms with E-state index < -0.39 is 0 Å². The van der Waals surface area contributed by atoms with E-state index in [0.29, 0.717) is 0 Å². The largest absolute Gasteiger partial charge is 0.371 e. The van der Waals surface area contributed by atoms with Gasteiger partial charge >= 0.3 is 0 Å². The lowest BCUT2D eigenvalue weighted by Crippen LogP contribution is -2.13. The molecule has 0 aliphatic rings. The highest BCUT2D eigenvalue weighted by molar-refractivity contribution is 6.99. The zero-order chi connectivity index (χ0) is 8.48. The molecule has 0 radical (unpaired) electrons. The molecule has 0 unspecified atom stereocenters. The SMILES string of the molecule is CNc1nsnc1C(C)(C)C. The Kier molecular flexibility index (Phi) is 2.13. The van der Waals surface area contributed by atoms with Crippen molar-refractivity contribution in [2.75, 3.05) is 12.4 Å². The van der Waals surface area contributed by atoms with E-state index in [4.69, 9.17) is 0 Å². The Morgan fingerprint density at radius 3 is 2.27 bits per heavy atom. The number of hydrogen-bond acceptors (Lipinski definition) is 4. The molecular weight excluding hydrogens is 158 g/mol. The van der Waals surface area contributed by atoms with E-state index in [1.54, 1.807) is 0 Å². The number of nitrogens with zero attached hydrogens (tertiary/aromatic N) is 2. The van der Waals surface area contributed by atoms with Crippen molar-refractivity contribution in [1.29, 1.82) is 0 Å². The van der Waals surface area contributed by atoms with Gasteiger partial charge in [0.15, 0.2) is 5.82 Å². The van der Waals surface area contributed by atoms with Crippen molar-refractivity contribution < 1.29 is 0 Å². The third kappa shape index (κ3) is 1.68. The van der Waals surface area contributed by atoms with Gasteiger partial charge in [0.05, 0.1) is 11.7 Å². The summed E-state index contributed by atoms with van der Waals surface area (Å²) in [5.41, 5.74) is 1.13. The van der Waals surface area contributed by atoms with E-state index >= 15 is 0 Å². The second-order valence-corrected chi connectivity index (χ2v) is 3.99. The summed E-state index contributed by atoms with van der Waals surface area (Å²) in [5, 5.41) is 3.02. The number of hydrogen-bond donors (Lipinski definition) is 1. The number of rotatable bonds is 1. The van der Waals surface area contributed by atoms with E-state index in [1.807, 2.05) is 7.05 Å². The van der Waals surface area contributed by atoms with Crippen LogP contribution in [0.5, 0.6) is 0 Å². The minimum Gasteiger partial charge on any atom is -0.371 e. The minimum atomic E-state index is 0.0886. The third-order valence-electron chi connectivity index (χ3n) is 1.44. The van der Waals surface area contributed by atoms with Crippen LogP contribution in [0.3, 0.4) is 0 Å². The number of aromatic nitrogens is 2. The van der Waals surface area contributed by atoms with Crippen LogP contribution in [0.2, 0.25) is 0 Å². The second-order valence-electron chi connectivity index (χ2n) is 3.46. The van der Waals surface area contributed by atoms with Crippen molar-refractivity contribution >= 4 is 17.5 Å². The van der Waals surface area contributed by atoms with Crippen molar-refractivity contribution in [1.82, 2.24) is 8.75 Å². The molecule has 0 atom stereocenters. The normalized spacial score (nSPS) is 11.6. The molecule has 0 bridgehead atoms. The molecule has 0 aromatic carbocycles. The molecule has 1 heterocycles. The van der Waals surface area contributed by atoms with Crippen molar-refractivity contribution in [3.05, 3.63) is 5.69 Å². The van der Waals surface area contributed by atoms with Crippen molar-refractivity contribution in [2.24, 2.45) is 0 Å². The van der Waals surface area contributed by atoms with Gasteiger partial charge in [-0.25, -0.2) is 0 Å². The molecule has 0 spiro atoms. The summed E-state index contributed by atoms with van der Waals surface area (Å²) >= 11 is 1.26. The Balaban J connectivity index is 3.02. The van der Waals surface area contributed by atoms with Crippen LogP contribution < -0.4 is 5.32 Å². The molecule has 1 aromatic rings. The molecule has 4 heteroatoms. The summed E-state index contributed by atoms with van der Waals surface area (Å²) in [7, 11) is 1.87. The summed E-state index contributed by atoms with van der Waals surface area (Å²) in [6, 6.07) is 0. The van der Waals surface area contributed by atoms with Gasteiger partial charge in [-0.15, -0.1) is 0 Å². The van der Waals surface area contributed by atoms with Crippen LogP contribution in [0.1, 0.15) is 26.5 Å². The van der Waals surface area contributed by atoms with Gasteiger partial charge in [-0.1, -0.05) is 20.8 Å². The van der Waals surface area contributed by atoms with Gasteiger partial charge < -0.3 is 5.32 Å². The van der Waals surface area contributed by atoms with Gasteiger partial charge in [-0.3, -0.25) is 0 Å². The van der Waals surface area contributed by atoms with Crippen LogP contribution in [0.4, 0.5) is 5.82 Å². The molecule has 0 saturated heterocycles. The van der Waals surface area contributed by atoms with E-state index in [9.17, 15) is 0 Å². The van der Waals surface area contributed by atoms with Crippen LogP contribution >= 0.6 is 11.7 Å². The molecular formula is C7H13N3S. The highest BCUT2D eigenvalue weighted by atomic mass is 32.1.